The third kappa shape index (κ3) is 3.28. The average Bonchev–Trinajstić information content (AvgIpc) is 3.41. The summed E-state index contributed by atoms with van der Waals surface area (Å²) in [7, 11) is 0. The van der Waals surface area contributed by atoms with E-state index in [1.807, 2.05) is 0 Å². The van der Waals surface area contributed by atoms with E-state index in [4.69, 9.17) is 4.74 Å². The van der Waals surface area contributed by atoms with Gasteiger partial charge in [0.1, 0.15) is 0 Å². The minimum atomic E-state index is -0.176. The van der Waals surface area contributed by atoms with Crippen LogP contribution in [-0.4, -0.2) is 83.7 Å². The summed E-state index contributed by atoms with van der Waals surface area (Å²) < 4.78 is 5.61. The molecule has 0 aromatic carbocycles. The first kappa shape index (κ1) is 22.3. The van der Waals surface area contributed by atoms with Crippen LogP contribution in [0.4, 0.5) is 0 Å². The van der Waals surface area contributed by atoms with Crippen LogP contribution in [0.25, 0.3) is 0 Å². The second-order valence-corrected chi connectivity index (χ2v) is 12.9. The van der Waals surface area contributed by atoms with Crippen LogP contribution < -0.4 is 0 Å². The number of rotatable bonds is 2. The number of hydrogen-bond donors (Lipinski definition) is 2. The van der Waals surface area contributed by atoms with E-state index in [-0.39, 0.29) is 17.6 Å². The Labute approximate surface area is 194 Å². The van der Waals surface area contributed by atoms with Crippen LogP contribution in [0.1, 0.15) is 71.6 Å². The highest BCUT2D eigenvalue weighted by atomic mass is 16.5. The van der Waals surface area contributed by atoms with Crippen LogP contribution >= 0.6 is 0 Å². The number of aliphatic hydroxyl groups is 2. The fourth-order valence-corrected chi connectivity index (χ4v) is 9.97. The minimum Gasteiger partial charge on any atom is -0.391 e. The Balaban J connectivity index is 1.25. The minimum absolute atomic E-state index is 0.107. The molecule has 4 aliphatic carbocycles. The molecule has 2 aliphatic heterocycles. The largest absolute Gasteiger partial charge is 0.391 e. The number of fused-ring (bicyclic) bond motifs is 5. The van der Waals surface area contributed by atoms with Crippen molar-refractivity contribution in [2.75, 3.05) is 39.4 Å². The number of hydrogen-bond acceptors (Lipinski definition) is 5. The lowest BCUT2D eigenvalue weighted by molar-refractivity contribution is -0.158. The number of nitrogens with zero attached hydrogens (tertiary/aromatic N) is 2. The maximum atomic E-state index is 11.5. The normalized spacial score (nSPS) is 54.8. The summed E-state index contributed by atoms with van der Waals surface area (Å²) >= 11 is 0. The molecule has 32 heavy (non-hydrogen) atoms. The van der Waals surface area contributed by atoms with E-state index in [1.165, 1.54) is 58.0 Å². The van der Waals surface area contributed by atoms with Gasteiger partial charge in [-0.2, -0.15) is 0 Å². The lowest BCUT2D eigenvalue weighted by atomic mass is 9.44. The zero-order valence-corrected chi connectivity index (χ0v) is 20.4. The molecule has 10 atom stereocenters. The average molecular weight is 447 g/mol. The summed E-state index contributed by atoms with van der Waals surface area (Å²) in [6.07, 6.45) is 10.7. The lowest BCUT2D eigenvalue weighted by Crippen LogP contribution is -2.61. The third-order valence-electron chi connectivity index (χ3n) is 11.8. The molecule has 2 N–H and O–H groups in total. The Morgan fingerprint density at radius 1 is 0.781 bits per heavy atom. The standard InChI is InChI=1S/C27H46N2O3/c1-26-8-7-20-19(21(26)16-22(25(26)31)28-9-3-4-10-28)6-5-18-15-24(30)23(17-27(18,20)2)29-11-13-32-14-12-29/h18-25,30-31H,3-17H2,1-2H3/t18-,19+,20-,21-,22-,23-,24-,25?,26-,27-/m0/s1. The third-order valence-corrected chi connectivity index (χ3v) is 11.8. The van der Waals surface area contributed by atoms with E-state index in [2.05, 4.69) is 23.6 Å². The Morgan fingerprint density at radius 2 is 1.50 bits per heavy atom. The van der Waals surface area contributed by atoms with Crippen molar-refractivity contribution in [1.82, 2.24) is 9.80 Å². The predicted octanol–water partition coefficient (Wildman–Crippen LogP) is 3.14. The topological polar surface area (TPSA) is 56.2 Å². The molecular formula is C27H46N2O3. The van der Waals surface area contributed by atoms with Crippen molar-refractivity contribution in [1.29, 1.82) is 0 Å². The Morgan fingerprint density at radius 3 is 2.25 bits per heavy atom. The van der Waals surface area contributed by atoms with Gasteiger partial charge >= 0.3 is 0 Å². The van der Waals surface area contributed by atoms with Gasteiger partial charge < -0.3 is 14.9 Å². The fraction of sp³-hybridized carbons (Fsp3) is 1.00. The van der Waals surface area contributed by atoms with Gasteiger partial charge in [0.25, 0.3) is 0 Å². The number of morpholine rings is 1. The summed E-state index contributed by atoms with van der Waals surface area (Å²) in [6.45, 7) is 11.0. The Kier molecular flexibility index (Phi) is 5.70. The predicted molar refractivity (Wildman–Crippen MR) is 125 cm³/mol. The lowest BCUT2D eigenvalue weighted by Gasteiger charge is -2.62. The first-order chi connectivity index (χ1) is 15.4. The van der Waals surface area contributed by atoms with Crippen molar-refractivity contribution in [3.63, 3.8) is 0 Å². The maximum Gasteiger partial charge on any atom is 0.0751 e. The summed E-state index contributed by atoms with van der Waals surface area (Å²) in [5, 5.41) is 22.7. The van der Waals surface area contributed by atoms with Gasteiger partial charge in [-0.15, -0.1) is 0 Å². The highest BCUT2D eigenvalue weighted by Crippen LogP contribution is 2.66. The molecule has 5 nitrogen and oxygen atoms in total. The van der Waals surface area contributed by atoms with Crippen molar-refractivity contribution in [3.05, 3.63) is 0 Å². The van der Waals surface area contributed by atoms with Crippen LogP contribution in [-0.2, 0) is 4.74 Å². The molecule has 2 heterocycles. The molecule has 0 amide bonds. The van der Waals surface area contributed by atoms with Crippen LogP contribution in [0, 0.1) is 34.5 Å². The molecule has 6 rings (SSSR count). The second kappa shape index (κ2) is 8.19. The molecule has 6 aliphatic rings. The smallest absolute Gasteiger partial charge is 0.0751 e. The highest BCUT2D eigenvalue weighted by molar-refractivity contribution is 5.14. The van der Waals surface area contributed by atoms with Gasteiger partial charge in [-0.25, -0.2) is 0 Å². The maximum absolute atomic E-state index is 11.5. The van der Waals surface area contributed by atoms with Crippen molar-refractivity contribution in [3.8, 4) is 0 Å². The molecular weight excluding hydrogens is 400 g/mol. The summed E-state index contributed by atoms with van der Waals surface area (Å²) in [5.74, 6) is 2.87. The zero-order valence-electron chi connectivity index (χ0n) is 20.4. The fourth-order valence-electron chi connectivity index (χ4n) is 9.97. The SMILES string of the molecule is C[C@]12C[C@H](N3CCOCC3)[C@@H](O)C[C@@H]1CC[C@@H]1[C@@H]2CC[C@]2(C)C(O)[C@@H](N3CCCC3)C[C@@H]12. The molecule has 4 saturated carbocycles. The van der Waals surface area contributed by atoms with Crippen LogP contribution in [0.15, 0.2) is 0 Å². The monoisotopic (exact) mass is 446 g/mol. The number of likely N-dealkylation sites (tertiary alicyclic amines) is 1. The van der Waals surface area contributed by atoms with Gasteiger partial charge in [-0.05, 0) is 105 Å². The van der Waals surface area contributed by atoms with Crippen molar-refractivity contribution >= 4 is 0 Å². The van der Waals surface area contributed by atoms with E-state index in [0.29, 0.717) is 29.3 Å². The van der Waals surface area contributed by atoms with Crippen LogP contribution in [0.2, 0.25) is 0 Å². The molecule has 0 aromatic heterocycles. The van der Waals surface area contributed by atoms with Gasteiger partial charge in [0.2, 0.25) is 0 Å². The van der Waals surface area contributed by atoms with E-state index in [1.54, 1.807) is 0 Å². The van der Waals surface area contributed by atoms with E-state index in [0.717, 1.165) is 51.0 Å². The molecule has 6 fully saturated rings. The molecule has 0 aromatic rings. The second-order valence-electron chi connectivity index (χ2n) is 12.9. The highest BCUT2D eigenvalue weighted by Gasteiger charge is 2.63. The van der Waals surface area contributed by atoms with Gasteiger partial charge in [0.15, 0.2) is 0 Å². The number of ether oxygens (including phenoxy) is 1. The Hall–Kier alpha value is -0.200. The Bertz CT molecular complexity index is 692. The molecule has 0 radical (unpaired) electrons. The van der Waals surface area contributed by atoms with E-state index in [9.17, 15) is 10.2 Å². The first-order valence-corrected chi connectivity index (χ1v) is 13.8. The molecule has 2 saturated heterocycles. The number of aliphatic hydroxyl groups excluding tert-OH is 2. The summed E-state index contributed by atoms with van der Waals surface area (Å²) in [4.78, 5) is 5.16. The zero-order chi connectivity index (χ0) is 22.1. The first-order valence-electron chi connectivity index (χ1n) is 13.8. The van der Waals surface area contributed by atoms with Gasteiger partial charge in [-0.1, -0.05) is 13.8 Å². The molecule has 182 valence electrons. The molecule has 5 heteroatoms. The summed E-state index contributed by atoms with van der Waals surface area (Å²) in [5.41, 5.74) is 0.443. The molecule has 1 unspecified atom stereocenters. The van der Waals surface area contributed by atoms with Crippen molar-refractivity contribution in [2.24, 2.45) is 34.5 Å². The summed E-state index contributed by atoms with van der Waals surface area (Å²) in [6, 6.07) is 0.699. The van der Waals surface area contributed by atoms with E-state index >= 15 is 0 Å². The van der Waals surface area contributed by atoms with E-state index < -0.39 is 0 Å². The van der Waals surface area contributed by atoms with Gasteiger partial charge in [0, 0.05) is 25.2 Å². The van der Waals surface area contributed by atoms with Crippen LogP contribution in [0.5, 0.6) is 0 Å². The quantitative estimate of drug-likeness (QED) is 0.683. The van der Waals surface area contributed by atoms with Gasteiger partial charge in [0.05, 0.1) is 25.4 Å². The molecule has 0 spiro atoms. The van der Waals surface area contributed by atoms with Crippen molar-refractivity contribution in [2.45, 2.75) is 95.9 Å². The van der Waals surface area contributed by atoms with Gasteiger partial charge in [-0.3, -0.25) is 9.80 Å². The molecule has 0 bridgehead atoms. The van der Waals surface area contributed by atoms with Crippen LogP contribution in [0.3, 0.4) is 0 Å². The van der Waals surface area contributed by atoms with Crippen molar-refractivity contribution < 1.29 is 14.9 Å².